The van der Waals surface area contributed by atoms with Crippen LogP contribution in [0.1, 0.15) is 37.5 Å². The van der Waals surface area contributed by atoms with Gasteiger partial charge in [-0.3, -0.25) is 5.41 Å². The van der Waals surface area contributed by atoms with Crippen molar-refractivity contribution in [1.82, 2.24) is 0 Å². The molecule has 2 rings (SSSR count). The molecular formula is C18H22N2O. The molecule has 0 unspecified atom stereocenters. The molecule has 0 amide bonds. The van der Waals surface area contributed by atoms with Crippen LogP contribution in [0, 0.1) is 5.41 Å². The van der Waals surface area contributed by atoms with E-state index in [1.165, 1.54) is 5.56 Å². The molecule has 0 saturated carbocycles. The van der Waals surface area contributed by atoms with E-state index in [0.717, 1.165) is 16.9 Å². The minimum absolute atomic E-state index is 0.0754. The molecule has 0 saturated heterocycles. The highest BCUT2D eigenvalue weighted by Gasteiger charge is 2.12. The van der Waals surface area contributed by atoms with E-state index in [1.807, 2.05) is 36.4 Å². The molecule has 2 aromatic rings. The zero-order chi connectivity index (χ0) is 15.5. The minimum atomic E-state index is 0.0754. The van der Waals surface area contributed by atoms with Crippen molar-refractivity contribution in [2.24, 2.45) is 5.73 Å². The van der Waals surface area contributed by atoms with Gasteiger partial charge in [0.05, 0.1) is 0 Å². The number of nitrogens with two attached hydrogens (primary N) is 1. The molecule has 0 heterocycles. The zero-order valence-corrected chi connectivity index (χ0v) is 12.8. The highest BCUT2D eigenvalue weighted by molar-refractivity contribution is 5.95. The highest BCUT2D eigenvalue weighted by Crippen LogP contribution is 2.24. The van der Waals surface area contributed by atoms with Gasteiger partial charge in [-0.1, -0.05) is 51.1 Å². The number of nitrogen functional groups attached to an aromatic ring is 1. The lowest BCUT2D eigenvalue weighted by atomic mass is 9.87. The van der Waals surface area contributed by atoms with Gasteiger partial charge in [0.1, 0.15) is 18.2 Å². The van der Waals surface area contributed by atoms with E-state index in [1.54, 1.807) is 0 Å². The Balaban J connectivity index is 2.03. The Morgan fingerprint density at radius 1 is 1.10 bits per heavy atom. The van der Waals surface area contributed by atoms with Crippen LogP contribution in [-0.4, -0.2) is 5.84 Å². The molecule has 3 N–H and O–H groups in total. The zero-order valence-electron chi connectivity index (χ0n) is 12.8. The van der Waals surface area contributed by atoms with Gasteiger partial charge in [-0.15, -0.1) is 0 Å². The number of nitrogens with one attached hydrogen (secondary N) is 1. The van der Waals surface area contributed by atoms with E-state index in [4.69, 9.17) is 15.9 Å². The Morgan fingerprint density at radius 2 is 1.76 bits per heavy atom. The third kappa shape index (κ3) is 4.09. The van der Waals surface area contributed by atoms with E-state index in [9.17, 15) is 0 Å². The SMILES string of the molecule is CC(C)(C)c1ccc(OCc2cccc(C(=N)N)c2)cc1. The molecule has 0 spiro atoms. The van der Waals surface area contributed by atoms with Gasteiger partial charge in [0.2, 0.25) is 0 Å². The van der Waals surface area contributed by atoms with Crippen LogP contribution in [-0.2, 0) is 12.0 Å². The van der Waals surface area contributed by atoms with Crippen molar-refractivity contribution in [3.05, 3.63) is 65.2 Å². The van der Waals surface area contributed by atoms with Gasteiger partial charge in [-0.05, 0) is 34.7 Å². The van der Waals surface area contributed by atoms with Gasteiger partial charge in [-0.25, -0.2) is 0 Å². The van der Waals surface area contributed by atoms with Crippen LogP contribution in [0.3, 0.4) is 0 Å². The number of hydrogen-bond donors (Lipinski definition) is 2. The molecule has 0 aromatic heterocycles. The largest absolute Gasteiger partial charge is 0.489 e. The Labute approximate surface area is 126 Å². The molecule has 21 heavy (non-hydrogen) atoms. The number of rotatable bonds is 4. The summed E-state index contributed by atoms with van der Waals surface area (Å²) in [7, 11) is 0. The van der Waals surface area contributed by atoms with Crippen LogP contribution in [0.5, 0.6) is 5.75 Å². The maximum atomic E-state index is 7.45. The molecule has 110 valence electrons. The summed E-state index contributed by atoms with van der Waals surface area (Å²) >= 11 is 0. The third-order valence-corrected chi connectivity index (χ3v) is 3.36. The Kier molecular flexibility index (Phi) is 4.32. The summed E-state index contributed by atoms with van der Waals surface area (Å²) in [5, 5.41) is 7.45. The first-order valence-electron chi connectivity index (χ1n) is 7.03. The van der Waals surface area contributed by atoms with E-state index in [2.05, 4.69) is 32.9 Å². The van der Waals surface area contributed by atoms with Gasteiger partial charge >= 0.3 is 0 Å². The maximum absolute atomic E-state index is 7.45. The molecule has 0 fully saturated rings. The molecule has 0 aliphatic carbocycles. The van der Waals surface area contributed by atoms with Crippen molar-refractivity contribution in [1.29, 1.82) is 5.41 Å². The fraction of sp³-hybridized carbons (Fsp3) is 0.278. The third-order valence-electron chi connectivity index (χ3n) is 3.36. The maximum Gasteiger partial charge on any atom is 0.122 e. The Morgan fingerprint density at radius 3 is 2.33 bits per heavy atom. The second kappa shape index (κ2) is 6.00. The topological polar surface area (TPSA) is 59.1 Å². The quantitative estimate of drug-likeness (QED) is 0.661. The lowest BCUT2D eigenvalue weighted by Gasteiger charge is -2.19. The van der Waals surface area contributed by atoms with Crippen LogP contribution >= 0.6 is 0 Å². The molecule has 3 heteroatoms. The molecule has 3 nitrogen and oxygen atoms in total. The van der Waals surface area contributed by atoms with Crippen molar-refractivity contribution in [3.8, 4) is 5.75 Å². The Bertz CT molecular complexity index is 624. The monoisotopic (exact) mass is 282 g/mol. The van der Waals surface area contributed by atoms with Gasteiger partial charge in [0.25, 0.3) is 0 Å². The summed E-state index contributed by atoms with van der Waals surface area (Å²) in [6.45, 7) is 7.04. The second-order valence-corrected chi connectivity index (χ2v) is 6.18. The molecule has 0 radical (unpaired) electrons. The van der Waals surface area contributed by atoms with E-state index in [0.29, 0.717) is 6.61 Å². The summed E-state index contributed by atoms with van der Waals surface area (Å²) in [6, 6.07) is 15.7. The predicted octanol–water partition coefficient (Wildman–Crippen LogP) is 3.85. The lowest BCUT2D eigenvalue weighted by Crippen LogP contribution is -2.11. The number of benzene rings is 2. The van der Waals surface area contributed by atoms with Crippen molar-refractivity contribution >= 4 is 5.84 Å². The van der Waals surface area contributed by atoms with Crippen molar-refractivity contribution in [3.63, 3.8) is 0 Å². The standard InChI is InChI=1S/C18H22N2O/c1-18(2,3)15-7-9-16(10-8-15)21-12-13-5-4-6-14(11-13)17(19)20/h4-11H,12H2,1-3H3,(H3,19,20). The summed E-state index contributed by atoms with van der Waals surface area (Å²) < 4.78 is 5.78. The van der Waals surface area contributed by atoms with Crippen LogP contribution in [0.4, 0.5) is 0 Å². The summed E-state index contributed by atoms with van der Waals surface area (Å²) in [6.07, 6.45) is 0. The number of hydrogen-bond acceptors (Lipinski definition) is 2. The molecule has 0 atom stereocenters. The fourth-order valence-electron chi connectivity index (χ4n) is 2.05. The summed E-state index contributed by atoms with van der Waals surface area (Å²) in [4.78, 5) is 0. The van der Waals surface area contributed by atoms with Crippen molar-refractivity contribution < 1.29 is 4.74 Å². The van der Waals surface area contributed by atoms with Crippen LogP contribution in [0.25, 0.3) is 0 Å². The van der Waals surface area contributed by atoms with Gasteiger partial charge in [0, 0.05) is 5.56 Å². The minimum Gasteiger partial charge on any atom is -0.489 e. The summed E-state index contributed by atoms with van der Waals surface area (Å²) in [5.74, 6) is 0.919. The van der Waals surface area contributed by atoms with Crippen LogP contribution in [0.15, 0.2) is 48.5 Å². The van der Waals surface area contributed by atoms with E-state index in [-0.39, 0.29) is 11.3 Å². The fourth-order valence-corrected chi connectivity index (χ4v) is 2.05. The predicted molar refractivity (Wildman–Crippen MR) is 86.9 cm³/mol. The average Bonchev–Trinajstić information content (AvgIpc) is 2.45. The van der Waals surface area contributed by atoms with Crippen LogP contribution < -0.4 is 10.5 Å². The first-order chi connectivity index (χ1) is 9.86. The molecular weight excluding hydrogens is 260 g/mol. The second-order valence-electron chi connectivity index (χ2n) is 6.18. The van der Waals surface area contributed by atoms with Gasteiger partial charge < -0.3 is 10.5 Å². The number of ether oxygens (including phenoxy) is 1. The normalized spacial score (nSPS) is 11.2. The van der Waals surface area contributed by atoms with Crippen LogP contribution in [0.2, 0.25) is 0 Å². The number of amidine groups is 1. The molecule has 0 bridgehead atoms. The van der Waals surface area contributed by atoms with E-state index >= 15 is 0 Å². The molecule has 0 aliphatic rings. The van der Waals surface area contributed by atoms with E-state index < -0.39 is 0 Å². The van der Waals surface area contributed by atoms with Crippen molar-refractivity contribution in [2.75, 3.05) is 0 Å². The first kappa shape index (κ1) is 15.1. The average molecular weight is 282 g/mol. The lowest BCUT2D eigenvalue weighted by molar-refractivity contribution is 0.306. The molecule has 2 aromatic carbocycles. The highest BCUT2D eigenvalue weighted by atomic mass is 16.5. The first-order valence-corrected chi connectivity index (χ1v) is 7.03. The summed E-state index contributed by atoms with van der Waals surface area (Å²) in [5.41, 5.74) is 8.65. The van der Waals surface area contributed by atoms with Gasteiger partial charge in [0.15, 0.2) is 0 Å². The molecule has 0 aliphatic heterocycles. The van der Waals surface area contributed by atoms with Crippen molar-refractivity contribution in [2.45, 2.75) is 32.8 Å². The van der Waals surface area contributed by atoms with Gasteiger partial charge in [-0.2, -0.15) is 0 Å². The smallest absolute Gasteiger partial charge is 0.122 e. The Hall–Kier alpha value is -2.29.